The molecule has 0 aromatic heterocycles. The van der Waals surface area contributed by atoms with Gasteiger partial charge in [-0.25, -0.2) is 8.42 Å². The summed E-state index contributed by atoms with van der Waals surface area (Å²) in [7, 11) is -4.52. The molecule has 0 radical (unpaired) electrons. The molecule has 0 aromatic rings. The third kappa shape index (κ3) is 8.55. The van der Waals surface area contributed by atoms with Gasteiger partial charge in [0, 0.05) is 49.5 Å². The van der Waals surface area contributed by atoms with E-state index >= 15 is 0 Å². The average molecular weight is 487 g/mol. The molecule has 2 aliphatic heterocycles. The van der Waals surface area contributed by atoms with E-state index < -0.39 is 27.3 Å². The van der Waals surface area contributed by atoms with E-state index in [0.29, 0.717) is 45.2 Å². The van der Waals surface area contributed by atoms with E-state index in [1.807, 2.05) is 18.7 Å². The summed E-state index contributed by atoms with van der Waals surface area (Å²) in [4.78, 5) is 42.0. The molecule has 2 aliphatic rings. The van der Waals surface area contributed by atoms with Crippen LogP contribution in [-0.2, 0) is 24.5 Å². The first-order valence-corrected chi connectivity index (χ1v) is 13.7. The molecule has 3 amide bonds. The topological polar surface area (TPSA) is 127 Å². The summed E-state index contributed by atoms with van der Waals surface area (Å²) in [5.74, 6) is -1.39. The second-order valence-corrected chi connectivity index (χ2v) is 11.6. The molecular weight excluding hydrogens is 446 g/mol. The van der Waals surface area contributed by atoms with Gasteiger partial charge >= 0.3 is 0 Å². The van der Waals surface area contributed by atoms with E-state index in [2.05, 4.69) is 5.32 Å². The summed E-state index contributed by atoms with van der Waals surface area (Å²) >= 11 is 0. The van der Waals surface area contributed by atoms with Crippen LogP contribution in [-0.4, -0.2) is 77.0 Å². The van der Waals surface area contributed by atoms with Crippen LogP contribution in [0.2, 0.25) is 0 Å². The molecule has 0 spiro atoms. The van der Waals surface area contributed by atoms with E-state index in [-0.39, 0.29) is 29.8 Å². The highest BCUT2D eigenvalue weighted by Gasteiger charge is 2.35. The van der Waals surface area contributed by atoms with Crippen molar-refractivity contribution in [3.8, 4) is 0 Å². The fourth-order valence-electron chi connectivity index (χ4n) is 5.13. The molecule has 0 aliphatic carbocycles. The van der Waals surface area contributed by atoms with Crippen LogP contribution in [0.1, 0.15) is 85.5 Å². The SMILES string of the molecule is CCC(CC(CC(C)N1CCCC1=O)C(=O)NC(C)(C)CS(=O)(=O)[O-])N1CCCCCC1=O. The first kappa shape index (κ1) is 27.6. The lowest BCUT2D eigenvalue weighted by atomic mass is 9.89. The molecule has 10 heteroatoms. The molecule has 190 valence electrons. The van der Waals surface area contributed by atoms with Gasteiger partial charge in [-0.05, 0) is 59.3 Å². The highest BCUT2D eigenvalue weighted by molar-refractivity contribution is 7.85. The normalized spacial score (nSPS) is 21.0. The predicted octanol–water partition coefficient (Wildman–Crippen LogP) is 2.01. The molecule has 0 bridgehead atoms. The van der Waals surface area contributed by atoms with E-state index in [0.717, 1.165) is 25.7 Å². The lowest BCUT2D eigenvalue weighted by molar-refractivity contribution is -0.135. The van der Waals surface area contributed by atoms with Crippen molar-refractivity contribution in [1.82, 2.24) is 15.1 Å². The largest absolute Gasteiger partial charge is 0.748 e. The maximum atomic E-state index is 13.3. The maximum Gasteiger partial charge on any atom is 0.223 e. The molecule has 3 unspecified atom stereocenters. The van der Waals surface area contributed by atoms with Gasteiger partial charge in [0.2, 0.25) is 17.7 Å². The number of likely N-dealkylation sites (tertiary alicyclic amines) is 2. The van der Waals surface area contributed by atoms with Gasteiger partial charge in [0.05, 0.1) is 15.9 Å². The quantitative estimate of drug-likeness (QED) is 0.445. The monoisotopic (exact) mass is 486 g/mol. The molecule has 0 aromatic carbocycles. The third-order valence-corrected chi connectivity index (χ3v) is 7.79. The number of hydrogen-bond acceptors (Lipinski definition) is 6. The van der Waals surface area contributed by atoms with E-state index in [1.165, 1.54) is 13.8 Å². The van der Waals surface area contributed by atoms with Gasteiger partial charge in [0.15, 0.2) is 0 Å². The Morgan fingerprint density at radius 1 is 1.03 bits per heavy atom. The lowest BCUT2D eigenvalue weighted by Gasteiger charge is -2.36. The minimum absolute atomic E-state index is 0.0779. The Kier molecular flexibility index (Phi) is 9.72. The predicted molar refractivity (Wildman–Crippen MR) is 124 cm³/mol. The van der Waals surface area contributed by atoms with Crippen LogP contribution in [0.5, 0.6) is 0 Å². The van der Waals surface area contributed by atoms with Crippen LogP contribution in [0.25, 0.3) is 0 Å². The fraction of sp³-hybridized carbons (Fsp3) is 0.870. The lowest BCUT2D eigenvalue weighted by Crippen LogP contribution is -2.52. The Hall–Kier alpha value is -1.68. The fourth-order valence-corrected chi connectivity index (χ4v) is 6.09. The van der Waals surface area contributed by atoms with Gasteiger partial charge in [-0.2, -0.15) is 0 Å². The smallest absolute Gasteiger partial charge is 0.223 e. The molecule has 9 nitrogen and oxygen atoms in total. The van der Waals surface area contributed by atoms with Gasteiger partial charge in [-0.3, -0.25) is 14.4 Å². The van der Waals surface area contributed by atoms with E-state index in [1.54, 1.807) is 4.90 Å². The van der Waals surface area contributed by atoms with Gasteiger partial charge in [0.25, 0.3) is 0 Å². The Bertz CT molecular complexity index is 813. The number of hydrogen-bond donors (Lipinski definition) is 1. The highest BCUT2D eigenvalue weighted by atomic mass is 32.2. The van der Waals surface area contributed by atoms with Crippen molar-refractivity contribution in [3.05, 3.63) is 0 Å². The summed E-state index contributed by atoms with van der Waals surface area (Å²) in [6.45, 7) is 8.29. The zero-order valence-electron chi connectivity index (χ0n) is 20.5. The van der Waals surface area contributed by atoms with E-state index in [9.17, 15) is 27.4 Å². The Morgan fingerprint density at radius 3 is 2.21 bits per heavy atom. The second-order valence-electron chi connectivity index (χ2n) is 10.2. The summed E-state index contributed by atoms with van der Waals surface area (Å²) in [5, 5.41) is 2.75. The number of rotatable bonds is 11. The molecule has 2 heterocycles. The van der Waals surface area contributed by atoms with Crippen molar-refractivity contribution < 1.29 is 27.4 Å². The second kappa shape index (κ2) is 11.6. The molecule has 2 fully saturated rings. The zero-order valence-corrected chi connectivity index (χ0v) is 21.3. The first-order valence-electron chi connectivity index (χ1n) is 12.2. The molecule has 1 N–H and O–H groups in total. The molecule has 2 rings (SSSR count). The number of nitrogens with one attached hydrogen (secondary N) is 1. The van der Waals surface area contributed by atoms with Crippen LogP contribution in [0, 0.1) is 5.92 Å². The standard InChI is InChI=1S/C23H41N3O6S/c1-5-19(26-12-8-6-7-10-21(26)28)15-18(14-17(2)25-13-9-11-20(25)27)22(29)24-23(3,4)16-33(30,31)32/h17-19H,5-16H2,1-4H3,(H,24,29)(H,30,31,32)/p-1. The number of nitrogens with zero attached hydrogens (tertiary/aromatic N) is 2. The van der Waals surface area contributed by atoms with Gasteiger partial charge in [0.1, 0.15) is 0 Å². The summed E-state index contributed by atoms with van der Waals surface area (Å²) < 4.78 is 33.9. The van der Waals surface area contributed by atoms with Crippen molar-refractivity contribution in [2.24, 2.45) is 5.92 Å². The molecular formula is C23H40N3O6S-. The Labute approximate surface area is 198 Å². The van der Waals surface area contributed by atoms with Gasteiger partial charge < -0.3 is 19.7 Å². The molecule has 0 saturated carbocycles. The van der Waals surface area contributed by atoms with Crippen LogP contribution >= 0.6 is 0 Å². The van der Waals surface area contributed by atoms with Crippen molar-refractivity contribution in [3.63, 3.8) is 0 Å². The Balaban J connectivity index is 2.21. The van der Waals surface area contributed by atoms with E-state index in [4.69, 9.17) is 0 Å². The number of amides is 3. The third-order valence-electron chi connectivity index (χ3n) is 6.72. The van der Waals surface area contributed by atoms with Gasteiger partial charge in [-0.1, -0.05) is 13.3 Å². The summed E-state index contributed by atoms with van der Waals surface area (Å²) in [5.41, 5.74) is -1.22. The summed E-state index contributed by atoms with van der Waals surface area (Å²) in [6, 6.07) is -0.265. The number of carbonyl (C=O) groups is 3. The molecule has 3 atom stereocenters. The minimum atomic E-state index is -4.52. The summed E-state index contributed by atoms with van der Waals surface area (Å²) in [6.07, 6.45) is 6.19. The van der Waals surface area contributed by atoms with Crippen molar-refractivity contribution in [2.45, 2.75) is 103 Å². The average Bonchev–Trinajstić information content (AvgIpc) is 3.00. The first-order chi connectivity index (χ1) is 15.3. The van der Waals surface area contributed by atoms with Crippen molar-refractivity contribution in [1.29, 1.82) is 0 Å². The van der Waals surface area contributed by atoms with Crippen molar-refractivity contribution >= 4 is 27.8 Å². The van der Waals surface area contributed by atoms with Crippen LogP contribution in [0.3, 0.4) is 0 Å². The van der Waals surface area contributed by atoms with Crippen LogP contribution < -0.4 is 5.32 Å². The van der Waals surface area contributed by atoms with Crippen molar-refractivity contribution in [2.75, 3.05) is 18.8 Å². The Morgan fingerprint density at radius 2 is 1.64 bits per heavy atom. The molecule has 33 heavy (non-hydrogen) atoms. The highest BCUT2D eigenvalue weighted by Crippen LogP contribution is 2.27. The minimum Gasteiger partial charge on any atom is -0.748 e. The maximum absolute atomic E-state index is 13.3. The van der Waals surface area contributed by atoms with Gasteiger partial charge in [-0.15, -0.1) is 0 Å². The number of carbonyl (C=O) groups excluding carboxylic acids is 3. The van der Waals surface area contributed by atoms with Crippen LogP contribution in [0.4, 0.5) is 0 Å². The molecule has 2 saturated heterocycles. The zero-order chi connectivity index (χ0) is 24.8. The van der Waals surface area contributed by atoms with Crippen LogP contribution in [0.15, 0.2) is 0 Å².